The van der Waals surface area contributed by atoms with Crippen LogP contribution in [0, 0.1) is 0 Å². The van der Waals surface area contributed by atoms with E-state index in [4.69, 9.17) is 4.52 Å². The van der Waals surface area contributed by atoms with Crippen LogP contribution in [-0.4, -0.2) is 32.2 Å². The Morgan fingerprint density at radius 1 is 1.30 bits per heavy atom. The van der Waals surface area contributed by atoms with E-state index in [0.29, 0.717) is 17.4 Å². The highest BCUT2D eigenvalue weighted by molar-refractivity contribution is 7.89. The first-order valence-corrected chi connectivity index (χ1v) is 8.80. The van der Waals surface area contributed by atoms with Gasteiger partial charge in [-0.3, -0.25) is 0 Å². The van der Waals surface area contributed by atoms with Gasteiger partial charge in [-0.05, 0) is 38.4 Å². The van der Waals surface area contributed by atoms with Gasteiger partial charge in [-0.2, -0.15) is 0 Å². The maximum atomic E-state index is 12.7. The number of benzene rings is 1. The van der Waals surface area contributed by atoms with E-state index in [-0.39, 0.29) is 23.3 Å². The van der Waals surface area contributed by atoms with E-state index in [2.05, 4.69) is 22.1 Å². The van der Waals surface area contributed by atoms with Crippen LogP contribution in [0.1, 0.15) is 19.8 Å². The minimum atomic E-state index is -3.61. The maximum absolute atomic E-state index is 12.7. The molecule has 2 heterocycles. The molecule has 126 valence electrons. The van der Waals surface area contributed by atoms with E-state index in [0.717, 1.165) is 19.4 Å². The number of halogens is 1. The second kappa shape index (κ2) is 7.44. The van der Waals surface area contributed by atoms with Gasteiger partial charge in [0.05, 0.1) is 11.1 Å². The molecule has 3 rings (SSSR count). The number of aromatic nitrogens is 1. The highest BCUT2D eigenvalue weighted by Crippen LogP contribution is 2.27. The minimum absolute atomic E-state index is 0. The van der Waals surface area contributed by atoms with Gasteiger partial charge in [0, 0.05) is 23.7 Å². The van der Waals surface area contributed by atoms with E-state index in [1.54, 1.807) is 30.3 Å². The zero-order chi connectivity index (χ0) is 15.6. The summed E-state index contributed by atoms with van der Waals surface area (Å²) in [5.74, 6) is 0.444. The van der Waals surface area contributed by atoms with Crippen molar-refractivity contribution in [3.8, 4) is 11.3 Å². The fourth-order valence-corrected chi connectivity index (χ4v) is 4.28. The van der Waals surface area contributed by atoms with Crippen LogP contribution in [-0.2, 0) is 10.0 Å². The molecular weight excluding hydrogens is 338 g/mol. The largest absolute Gasteiger partial charge is 0.356 e. The summed E-state index contributed by atoms with van der Waals surface area (Å²) in [5.41, 5.74) is 0.523. The first kappa shape index (κ1) is 17.9. The maximum Gasteiger partial charge on any atom is 0.241 e. The molecule has 0 aliphatic carbocycles. The first-order valence-electron chi connectivity index (χ1n) is 7.32. The van der Waals surface area contributed by atoms with Crippen molar-refractivity contribution in [1.29, 1.82) is 0 Å². The lowest BCUT2D eigenvalue weighted by molar-refractivity contribution is 0.361. The summed E-state index contributed by atoms with van der Waals surface area (Å²) >= 11 is 0. The summed E-state index contributed by atoms with van der Waals surface area (Å²) in [7, 11) is -3.61. The molecule has 8 heteroatoms. The summed E-state index contributed by atoms with van der Waals surface area (Å²) in [5, 5.41) is 6.96. The summed E-state index contributed by atoms with van der Waals surface area (Å²) in [6.07, 6.45) is 3.07. The Hall–Kier alpha value is -1.41. The van der Waals surface area contributed by atoms with E-state index in [1.807, 2.05) is 0 Å². The zero-order valence-corrected chi connectivity index (χ0v) is 14.4. The lowest BCUT2D eigenvalue weighted by Crippen LogP contribution is -2.46. The third kappa shape index (κ3) is 4.11. The van der Waals surface area contributed by atoms with Gasteiger partial charge in [-0.1, -0.05) is 17.3 Å². The Kier molecular flexibility index (Phi) is 5.80. The van der Waals surface area contributed by atoms with E-state index in [9.17, 15) is 8.42 Å². The van der Waals surface area contributed by atoms with E-state index >= 15 is 0 Å². The normalized spacial score (nSPS) is 21.6. The standard InChI is InChI=1S/C15H19N3O3S.ClH/c1-11-10-12(6-8-16-11)18-22(19,20)15-5-3-2-4-13(15)14-7-9-17-21-14;/h2-5,7,9,11-12,16,18H,6,8,10H2,1H3;1H. The molecule has 1 aromatic heterocycles. The van der Waals surface area contributed by atoms with Gasteiger partial charge >= 0.3 is 0 Å². The summed E-state index contributed by atoms with van der Waals surface area (Å²) in [6, 6.07) is 8.71. The summed E-state index contributed by atoms with van der Waals surface area (Å²) in [4.78, 5) is 0.220. The van der Waals surface area contributed by atoms with Crippen LogP contribution < -0.4 is 10.0 Å². The Morgan fingerprint density at radius 3 is 2.78 bits per heavy atom. The van der Waals surface area contributed by atoms with E-state index in [1.165, 1.54) is 6.20 Å². The van der Waals surface area contributed by atoms with Crippen LogP contribution in [0.5, 0.6) is 0 Å². The predicted molar refractivity (Wildman–Crippen MR) is 90.0 cm³/mol. The second-order valence-corrected chi connectivity index (χ2v) is 7.25. The minimum Gasteiger partial charge on any atom is -0.356 e. The van der Waals surface area contributed by atoms with E-state index < -0.39 is 10.0 Å². The number of nitrogens with one attached hydrogen (secondary N) is 2. The van der Waals surface area contributed by atoms with Crippen LogP contribution in [0.4, 0.5) is 0 Å². The Bertz CT molecular complexity index is 734. The molecule has 23 heavy (non-hydrogen) atoms. The van der Waals surface area contributed by atoms with Crippen molar-refractivity contribution in [2.24, 2.45) is 0 Å². The van der Waals surface area contributed by atoms with Crippen LogP contribution >= 0.6 is 12.4 Å². The van der Waals surface area contributed by atoms with Crippen LogP contribution in [0.25, 0.3) is 11.3 Å². The molecule has 2 atom stereocenters. The molecule has 0 saturated carbocycles. The number of sulfonamides is 1. The predicted octanol–water partition coefficient (Wildman–Crippen LogP) is 2.18. The van der Waals surface area contributed by atoms with Gasteiger partial charge in [0.15, 0.2) is 5.76 Å². The molecule has 1 saturated heterocycles. The number of rotatable bonds is 4. The van der Waals surface area contributed by atoms with Crippen LogP contribution in [0.2, 0.25) is 0 Å². The Labute approximate surface area is 142 Å². The lowest BCUT2D eigenvalue weighted by Gasteiger charge is -2.28. The van der Waals surface area contributed by atoms with Crippen LogP contribution in [0.3, 0.4) is 0 Å². The molecule has 1 aromatic carbocycles. The molecule has 1 aliphatic heterocycles. The topological polar surface area (TPSA) is 84.2 Å². The molecular formula is C15H20ClN3O3S. The SMILES string of the molecule is CC1CC(NS(=O)(=O)c2ccccc2-c2ccno2)CCN1.Cl. The number of nitrogens with zero attached hydrogens (tertiary/aromatic N) is 1. The van der Waals surface area contributed by atoms with Gasteiger partial charge in [0.25, 0.3) is 0 Å². The monoisotopic (exact) mass is 357 g/mol. The fraction of sp³-hybridized carbons (Fsp3) is 0.400. The Morgan fingerprint density at radius 2 is 2.09 bits per heavy atom. The highest BCUT2D eigenvalue weighted by atomic mass is 35.5. The molecule has 2 aromatic rings. The molecule has 0 bridgehead atoms. The molecule has 2 unspecified atom stereocenters. The van der Waals surface area contributed by atoms with Gasteiger partial charge in [-0.15, -0.1) is 12.4 Å². The van der Waals surface area contributed by atoms with Crippen molar-refractivity contribution >= 4 is 22.4 Å². The molecule has 0 spiro atoms. The molecule has 0 amide bonds. The van der Waals surface area contributed by atoms with Crippen molar-refractivity contribution in [2.45, 2.75) is 36.7 Å². The van der Waals surface area contributed by atoms with Crippen molar-refractivity contribution in [2.75, 3.05) is 6.54 Å². The van der Waals surface area contributed by atoms with Gasteiger partial charge in [0.2, 0.25) is 10.0 Å². The van der Waals surface area contributed by atoms with Gasteiger partial charge in [-0.25, -0.2) is 13.1 Å². The average molecular weight is 358 g/mol. The van der Waals surface area contributed by atoms with Crippen molar-refractivity contribution in [3.63, 3.8) is 0 Å². The fourth-order valence-electron chi connectivity index (χ4n) is 2.78. The smallest absolute Gasteiger partial charge is 0.241 e. The van der Waals surface area contributed by atoms with Crippen molar-refractivity contribution in [1.82, 2.24) is 15.2 Å². The molecule has 1 fully saturated rings. The summed E-state index contributed by atoms with van der Waals surface area (Å²) in [6.45, 7) is 2.88. The van der Waals surface area contributed by atoms with Crippen LogP contribution in [0.15, 0.2) is 45.9 Å². The van der Waals surface area contributed by atoms with Crippen molar-refractivity contribution in [3.05, 3.63) is 36.5 Å². The van der Waals surface area contributed by atoms with Gasteiger partial charge < -0.3 is 9.84 Å². The van der Waals surface area contributed by atoms with Gasteiger partial charge in [0.1, 0.15) is 0 Å². The quantitative estimate of drug-likeness (QED) is 0.876. The zero-order valence-electron chi connectivity index (χ0n) is 12.7. The Balaban J connectivity index is 0.00000192. The molecule has 1 aliphatic rings. The third-order valence-electron chi connectivity index (χ3n) is 3.83. The van der Waals surface area contributed by atoms with Crippen molar-refractivity contribution < 1.29 is 12.9 Å². The lowest BCUT2D eigenvalue weighted by atomic mass is 10.0. The highest BCUT2D eigenvalue weighted by Gasteiger charge is 2.26. The summed E-state index contributed by atoms with van der Waals surface area (Å²) < 4.78 is 33.4. The third-order valence-corrected chi connectivity index (χ3v) is 5.40. The first-order chi connectivity index (χ1) is 10.6. The average Bonchev–Trinajstić information content (AvgIpc) is 3.01. The second-order valence-electron chi connectivity index (χ2n) is 5.57. The molecule has 6 nitrogen and oxygen atoms in total. The number of hydrogen-bond acceptors (Lipinski definition) is 5. The number of hydrogen-bond donors (Lipinski definition) is 2. The molecule has 0 radical (unpaired) electrons. The molecule has 2 N–H and O–H groups in total. The number of piperidine rings is 1.